The first-order chi connectivity index (χ1) is 11.5. The van der Waals surface area contributed by atoms with E-state index in [1.54, 1.807) is 0 Å². The molecular weight excluding hydrogens is 324 g/mol. The molecule has 2 aromatic rings. The summed E-state index contributed by atoms with van der Waals surface area (Å²) in [5.74, 6) is -0.883. The zero-order chi connectivity index (χ0) is 17.3. The van der Waals surface area contributed by atoms with Gasteiger partial charge in [-0.25, -0.2) is 0 Å². The van der Waals surface area contributed by atoms with Crippen LogP contribution in [0.2, 0.25) is 0 Å². The molecule has 2 amide bonds. The lowest BCUT2D eigenvalue weighted by Crippen LogP contribution is -2.31. The lowest BCUT2D eigenvalue weighted by atomic mass is 10.1. The lowest BCUT2D eigenvalue weighted by Gasteiger charge is -2.15. The molecule has 24 heavy (non-hydrogen) atoms. The smallest absolute Gasteiger partial charge is 0.279 e. The predicted octanol–water partition coefficient (Wildman–Crippen LogP) is 3.73. The average molecular weight is 341 g/mol. The third kappa shape index (κ3) is 3.05. The summed E-state index contributed by atoms with van der Waals surface area (Å²) >= 11 is 6.12. The molecule has 122 valence electrons. The fraction of sp³-hybridized carbons (Fsp3) is 0.158. The van der Waals surface area contributed by atoms with E-state index in [0.717, 1.165) is 27.3 Å². The molecule has 0 fully saturated rings. The second kappa shape index (κ2) is 6.49. The molecule has 0 aromatic heterocycles. The van der Waals surface area contributed by atoms with Gasteiger partial charge in [0.2, 0.25) is 0 Å². The predicted molar refractivity (Wildman–Crippen MR) is 94.4 cm³/mol. The van der Waals surface area contributed by atoms with Crippen molar-refractivity contribution >= 4 is 29.1 Å². The van der Waals surface area contributed by atoms with Crippen molar-refractivity contribution < 1.29 is 9.59 Å². The maximum Gasteiger partial charge on any atom is 0.279 e. The summed E-state index contributed by atoms with van der Waals surface area (Å²) in [6.45, 7) is 4.13. The minimum atomic E-state index is -0.474. The quantitative estimate of drug-likeness (QED) is 0.863. The van der Waals surface area contributed by atoms with Crippen LogP contribution in [0.15, 0.2) is 59.3 Å². The number of amides is 2. The highest BCUT2D eigenvalue weighted by molar-refractivity contribution is 6.48. The number of halogens is 1. The second-order valence-corrected chi connectivity index (χ2v) is 6.19. The number of rotatable bonds is 4. The van der Waals surface area contributed by atoms with Gasteiger partial charge in [-0.15, -0.1) is 0 Å². The molecule has 3 rings (SSSR count). The maximum absolute atomic E-state index is 12.6. The van der Waals surface area contributed by atoms with Gasteiger partial charge in [-0.2, -0.15) is 0 Å². The zero-order valence-corrected chi connectivity index (χ0v) is 14.2. The van der Waals surface area contributed by atoms with Gasteiger partial charge in [-0.3, -0.25) is 14.5 Å². The Balaban J connectivity index is 1.84. The van der Waals surface area contributed by atoms with Crippen LogP contribution in [0.5, 0.6) is 0 Å². The van der Waals surface area contributed by atoms with Gasteiger partial charge >= 0.3 is 0 Å². The van der Waals surface area contributed by atoms with Crippen LogP contribution in [0.3, 0.4) is 0 Å². The summed E-state index contributed by atoms with van der Waals surface area (Å²) in [5, 5.41) is 2.94. The van der Waals surface area contributed by atoms with E-state index in [9.17, 15) is 9.59 Å². The number of nitrogens with one attached hydrogen (secondary N) is 1. The summed E-state index contributed by atoms with van der Waals surface area (Å²) < 4.78 is 0. The third-order valence-electron chi connectivity index (χ3n) is 3.94. The summed E-state index contributed by atoms with van der Waals surface area (Å²) in [6.07, 6.45) is 0. The standard InChI is InChI=1S/C19H17ClN2O2/c1-12-8-9-15(13(2)10-12)21-17-16(20)18(23)22(19(17)24)11-14-6-4-3-5-7-14/h3-10,21H,11H2,1-2H3. The van der Waals surface area contributed by atoms with Gasteiger partial charge in [0.05, 0.1) is 6.54 Å². The molecule has 4 nitrogen and oxygen atoms in total. The Bertz CT molecular complexity index is 844. The van der Waals surface area contributed by atoms with E-state index >= 15 is 0 Å². The molecule has 5 heteroatoms. The summed E-state index contributed by atoms with van der Waals surface area (Å²) in [7, 11) is 0. The van der Waals surface area contributed by atoms with E-state index in [-0.39, 0.29) is 17.3 Å². The van der Waals surface area contributed by atoms with Crippen LogP contribution < -0.4 is 5.32 Å². The number of carbonyl (C=O) groups is 2. The van der Waals surface area contributed by atoms with E-state index in [0.29, 0.717) is 0 Å². The van der Waals surface area contributed by atoms with Gasteiger partial charge in [0.1, 0.15) is 10.7 Å². The molecule has 1 aliphatic rings. The van der Waals surface area contributed by atoms with Crippen molar-refractivity contribution in [3.63, 3.8) is 0 Å². The molecular formula is C19H17ClN2O2. The van der Waals surface area contributed by atoms with Gasteiger partial charge in [0.15, 0.2) is 0 Å². The molecule has 1 N–H and O–H groups in total. The number of anilines is 1. The Morgan fingerprint density at radius 3 is 2.38 bits per heavy atom. The van der Waals surface area contributed by atoms with Crippen molar-refractivity contribution in [1.29, 1.82) is 0 Å². The molecule has 1 aliphatic heterocycles. The number of hydrogen-bond donors (Lipinski definition) is 1. The molecule has 0 spiro atoms. The highest BCUT2D eigenvalue weighted by Gasteiger charge is 2.37. The summed E-state index contributed by atoms with van der Waals surface area (Å²) in [5.41, 5.74) is 3.86. The fourth-order valence-electron chi connectivity index (χ4n) is 2.65. The summed E-state index contributed by atoms with van der Waals surface area (Å²) in [6, 6.07) is 15.2. The minimum Gasteiger partial charge on any atom is -0.349 e. The molecule has 1 heterocycles. The van der Waals surface area contributed by atoms with Crippen LogP contribution in [-0.4, -0.2) is 16.7 Å². The van der Waals surface area contributed by atoms with Gasteiger partial charge < -0.3 is 5.32 Å². The third-order valence-corrected chi connectivity index (χ3v) is 4.29. The summed E-state index contributed by atoms with van der Waals surface area (Å²) in [4.78, 5) is 26.1. The Morgan fingerprint density at radius 2 is 1.71 bits per heavy atom. The number of carbonyl (C=O) groups excluding carboxylic acids is 2. The first-order valence-electron chi connectivity index (χ1n) is 7.61. The Kier molecular flexibility index (Phi) is 4.40. The van der Waals surface area contributed by atoms with Crippen molar-refractivity contribution in [3.8, 4) is 0 Å². The normalized spacial score (nSPS) is 14.5. The lowest BCUT2D eigenvalue weighted by molar-refractivity contribution is -0.138. The monoisotopic (exact) mass is 340 g/mol. The number of nitrogens with zero attached hydrogens (tertiary/aromatic N) is 1. The van der Waals surface area contributed by atoms with E-state index < -0.39 is 11.8 Å². The van der Waals surface area contributed by atoms with Crippen LogP contribution in [0.4, 0.5) is 5.69 Å². The first-order valence-corrected chi connectivity index (χ1v) is 7.99. The number of aryl methyl sites for hydroxylation is 2. The van der Waals surface area contributed by atoms with E-state index in [4.69, 9.17) is 11.6 Å². The van der Waals surface area contributed by atoms with Gasteiger partial charge in [0, 0.05) is 5.69 Å². The van der Waals surface area contributed by atoms with Crippen molar-refractivity contribution in [2.45, 2.75) is 20.4 Å². The van der Waals surface area contributed by atoms with Crippen molar-refractivity contribution in [3.05, 3.63) is 76.0 Å². The Morgan fingerprint density at radius 1 is 1.00 bits per heavy atom. The topological polar surface area (TPSA) is 49.4 Å². The van der Waals surface area contributed by atoms with Crippen LogP contribution in [0.25, 0.3) is 0 Å². The van der Waals surface area contributed by atoms with E-state index in [1.165, 1.54) is 0 Å². The van der Waals surface area contributed by atoms with Crippen LogP contribution in [0, 0.1) is 13.8 Å². The van der Waals surface area contributed by atoms with E-state index in [1.807, 2.05) is 62.4 Å². The van der Waals surface area contributed by atoms with Gasteiger partial charge in [-0.1, -0.05) is 59.6 Å². The minimum absolute atomic E-state index is 0.0732. The van der Waals surface area contributed by atoms with Crippen LogP contribution in [-0.2, 0) is 16.1 Å². The van der Waals surface area contributed by atoms with Crippen LogP contribution >= 0.6 is 11.6 Å². The molecule has 2 aromatic carbocycles. The SMILES string of the molecule is Cc1ccc(NC2=C(Cl)C(=O)N(Cc3ccccc3)C2=O)c(C)c1. The van der Waals surface area contributed by atoms with Crippen molar-refractivity contribution in [2.75, 3.05) is 5.32 Å². The van der Waals surface area contributed by atoms with Crippen LogP contribution in [0.1, 0.15) is 16.7 Å². The fourth-order valence-corrected chi connectivity index (χ4v) is 2.88. The molecule has 0 bridgehead atoms. The highest BCUT2D eigenvalue weighted by Crippen LogP contribution is 2.28. The van der Waals surface area contributed by atoms with E-state index in [2.05, 4.69) is 5.32 Å². The molecule has 0 atom stereocenters. The number of benzene rings is 2. The molecule has 0 unspecified atom stereocenters. The molecule has 0 saturated heterocycles. The molecule has 0 radical (unpaired) electrons. The van der Waals surface area contributed by atoms with Gasteiger partial charge in [-0.05, 0) is 31.0 Å². The number of imide groups is 1. The maximum atomic E-state index is 12.6. The first kappa shape index (κ1) is 16.3. The van der Waals surface area contributed by atoms with Gasteiger partial charge in [0.25, 0.3) is 11.8 Å². The second-order valence-electron chi connectivity index (χ2n) is 5.81. The zero-order valence-electron chi connectivity index (χ0n) is 13.5. The molecule has 0 aliphatic carbocycles. The Hall–Kier alpha value is -2.59. The van der Waals surface area contributed by atoms with Crippen molar-refractivity contribution in [2.24, 2.45) is 0 Å². The highest BCUT2D eigenvalue weighted by atomic mass is 35.5. The average Bonchev–Trinajstić information content (AvgIpc) is 2.76. The largest absolute Gasteiger partial charge is 0.349 e. The number of hydrogen-bond acceptors (Lipinski definition) is 3. The Labute approximate surface area is 145 Å². The molecule has 0 saturated carbocycles. The van der Waals surface area contributed by atoms with Crippen molar-refractivity contribution in [1.82, 2.24) is 4.90 Å².